The van der Waals surface area contributed by atoms with Crippen LogP contribution in [-0.2, 0) is 0 Å². The predicted octanol–water partition coefficient (Wildman–Crippen LogP) is 4.01. The normalized spacial score (nSPS) is 13.0. The van der Waals surface area contributed by atoms with Gasteiger partial charge in [-0.05, 0) is 54.8 Å². The summed E-state index contributed by atoms with van der Waals surface area (Å²) in [7, 11) is 3.31. The summed E-state index contributed by atoms with van der Waals surface area (Å²) in [5.41, 5.74) is 8.71. The first-order chi connectivity index (χ1) is 13.9. The number of primary amides is 1. The van der Waals surface area contributed by atoms with E-state index in [-0.39, 0.29) is 12.1 Å². The van der Waals surface area contributed by atoms with Gasteiger partial charge in [0.15, 0.2) is 0 Å². The number of ether oxygens (including phenoxy) is 2. The topological polar surface area (TPSA) is 86.5 Å². The van der Waals surface area contributed by atoms with E-state index >= 15 is 0 Å². The van der Waals surface area contributed by atoms with E-state index in [0.29, 0.717) is 4.88 Å². The van der Waals surface area contributed by atoms with Gasteiger partial charge in [0, 0.05) is 0 Å². The molecule has 3 N–H and O–H groups in total. The second-order valence-electron chi connectivity index (χ2n) is 6.74. The van der Waals surface area contributed by atoms with Crippen molar-refractivity contribution in [2.24, 2.45) is 5.73 Å². The summed E-state index contributed by atoms with van der Waals surface area (Å²) in [6, 6.07) is 13.9. The third kappa shape index (κ3) is 4.75. The largest absolute Gasteiger partial charge is 0.497 e. The van der Waals surface area contributed by atoms with E-state index in [1.165, 1.54) is 17.5 Å². The van der Waals surface area contributed by atoms with Crippen LogP contribution in [0, 0.1) is 6.92 Å². The van der Waals surface area contributed by atoms with Gasteiger partial charge in [0.25, 0.3) is 5.91 Å². The van der Waals surface area contributed by atoms with Gasteiger partial charge in [-0.25, -0.2) is 4.98 Å². The van der Waals surface area contributed by atoms with Crippen LogP contribution in [-0.4, -0.2) is 25.1 Å². The van der Waals surface area contributed by atoms with Gasteiger partial charge < -0.3 is 15.2 Å². The number of benzene rings is 2. The molecule has 0 fully saturated rings. The third-order valence-corrected chi connectivity index (χ3v) is 5.99. The fraction of sp³-hybridized carbons (Fsp3) is 0.273. The molecule has 0 aliphatic carbocycles. The van der Waals surface area contributed by atoms with Crippen molar-refractivity contribution in [2.75, 3.05) is 14.2 Å². The second-order valence-corrected chi connectivity index (χ2v) is 7.81. The van der Waals surface area contributed by atoms with Crippen molar-refractivity contribution in [3.05, 3.63) is 75.2 Å². The highest BCUT2D eigenvalue weighted by Crippen LogP contribution is 2.32. The lowest BCUT2D eigenvalue weighted by Crippen LogP contribution is -2.26. The molecule has 3 aromatic rings. The molecular weight excluding hydrogens is 386 g/mol. The molecule has 0 bridgehead atoms. The summed E-state index contributed by atoms with van der Waals surface area (Å²) in [4.78, 5) is 16.2. The molecule has 2 atom stereocenters. The van der Waals surface area contributed by atoms with Crippen molar-refractivity contribution in [1.29, 1.82) is 0 Å². The molecule has 2 aromatic carbocycles. The highest BCUT2D eigenvalue weighted by atomic mass is 32.1. The van der Waals surface area contributed by atoms with Crippen LogP contribution < -0.4 is 20.5 Å². The van der Waals surface area contributed by atoms with Gasteiger partial charge in [0.05, 0.1) is 32.5 Å². The number of amides is 1. The Balaban J connectivity index is 1.96. The molecule has 29 heavy (non-hydrogen) atoms. The lowest BCUT2D eigenvalue weighted by molar-refractivity contribution is 0.100. The number of aromatic nitrogens is 1. The van der Waals surface area contributed by atoms with Crippen molar-refractivity contribution in [2.45, 2.75) is 25.9 Å². The highest BCUT2D eigenvalue weighted by Gasteiger charge is 2.22. The van der Waals surface area contributed by atoms with Crippen LogP contribution in [0.25, 0.3) is 0 Å². The first-order valence-corrected chi connectivity index (χ1v) is 10.0. The van der Waals surface area contributed by atoms with Crippen LogP contribution in [0.2, 0.25) is 0 Å². The van der Waals surface area contributed by atoms with Crippen LogP contribution in [0.3, 0.4) is 0 Å². The number of hydrogen-bond donors (Lipinski definition) is 2. The van der Waals surface area contributed by atoms with Crippen LogP contribution in [0.15, 0.2) is 48.7 Å². The molecule has 6 nitrogen and oxygen atoms in total. The van der Waals surface area contributed by atoms with Crippen LogP contribution in [0.5, 0.6) is 11.5 Å². The van der Waals surface area contributed by atoms with Crippen molar-refractivity contribution in [3.8, 4) is 11.5 Å². The van der Waals surface area contributed by atoms with Crippen molar-refractivity contribution < 1.29 is 14.3 Å². The molecule has 7 heteroatoms. The van der Waals surface area contributed by atoms with Gasteiger partial charge in [0.1, 0.15) is 21.4 Å². The third-order valence-electron chi connectivity index (χ3n) is 4.79. The average Bonchev–Trinajstić information content (AvgIpc) is 3.23. The molecule has 1 heterocycles. The van der Waals surface area contributed by atoms with Crippen molar-refractivity contribution in [1.82, 2.24) is 10.3 Å². The number of thiazole rings is 1. The van der Waals surface area contributed by atoms with E-state index in [1.807, 2.05) is 43.3 Å². The molecule has 0 saturated heterocycles. The zero-order chi connectivity index (χ0) is 21.0. The predicted molar refractivity (Wildman–Crippen MR) is 115 cm³/mol. The first kappa shape index (κ1) is 20.8. The molecular formula is C22H25N3O3S. The van der Waals surface area contributed by atoms with Crippen LogP contribution in [0.4, 0.5) is 0 Å². The number of nitrogens with one attached hydrogen (secondary N) is 1. The number of aryl methyl sites for hydroxylation is 1. The molecule has 3 rings (SSSR count). The highest BCUT2D eigenvalue weighted by molar-refractivity contribution is 7.13. The minimum Gasteiger partial charge on any atom is -0.497 e. The van der Waals surface area contributed by atoms with Crippen molar-refractivity contribution in [3.63, 3.8) is 0 Å². The Morgan fingerprint density at radius 1 is 1.10 bits per heavy atom. The summed E-state index contributed by atoms with van der Waals surface area (Å²) in [6.07, 6.45) is 1.53. The van der Waals surface area contributed by atoms with Crippen LogP contribution in [0.1, 0.15) is 50.4 Å². The number of nitrogens with zero attached hydrogens (tertiary/aromatic N) is 1. The maximum atomic E-state index is 11.4. The fourth-order valence-electron chi connectivity index (χ4n) is 3.18. The van der Waals surface area contributed by atoms with Crippen molar-refractivity contribution >= 4 is 17.2 Å². The van der Waals surface area contributed by atoms with E-state index in [4.69, 9.17) is 15.2 Å². The van der Waals surface area contributed by atoms with Gasteiger partial charge >= 0.3 is 0 Å². The number of rotatable bonds is 8. The summed E-state index contributed by atoms with van der Waals surface area (Å²) in [5, 5.41) is 4.46. The Morgan fingerprint density at radius 3 is 2.31 bits per heavy atom. The Hall–Kier alpha value is -2.90. The average molecular weight is 412 g/mol. The fourth-order valence-corrected chi connectivity index (χ4v) is 3.97. The van der Waals surface area contributed by atoms with E-state index < -0.39 is 5.91 Å². The summed E-state index contributed by atoms with van der Waals surface area (Å²) >= 11 is 1.31. The Bertz CT molecular complexity index is 985. The Kier molecular flexibility index (Phi) is 6.51. The number of carbonyl (C=O) groups excluding carboxylic acids is 1. The van der Waals surface area contributed by atoms with E-state index in [9.17, 15) is 4.79 Å². The summed E-state index contributed by atoms with van der Waals surface area (Å²) in [5.74, 6) is 1.16. The summed E-state index contributed by atoms with van der Waals surface area (Å²) in [6.45, 7) is 4.09. The van der Waals surface area contributed by atoms with Gasteiger partial charge in [-0.3, -0.25) is 10.1 Å². The first-order valence-electron chi connectivity index (χ1n) is 9.23. The minimum atomic E-state index is -0.460. The molecule has 1 amide bonds. The second kappa shape index (κ2) is 9.07. The maximum absolute atomic E-state index is 11.4. The zero-order valence-corrected chi connectivity index (χ0v) is 17.7. The van der Waals surface area contributed by atoms with Gasteiger partial charge in [-0.1, -0.05) is 18.2 Å². The molecule has 152 valence electrons. The standard InChI is InChI=1S/C22H25N3O3S/c1-13-11-17(28-4)9-10-18(13)20(15-5-7-16(27-3)8-6-15)25-14(2)22-24-12-19(29-22)21(23)26/h5-12,14,20,25H,1-4H3,(H2,23,26). The number of hydrogen-bond acceptors (Lipinski definition) is 6. The molecule has 0 aliphatic heterocycles. The maximum Gasteiger partial charge on any atom is 0.260 e. The summed E-state index contributed by atoms with van der Waals surface area (Å²) < 4.78 is 10.6. The molecule has 2 unspecified atom stereocenters. The van der Waals surface area contributed by atoms with Gasteiger partial charge in [-0.2, -0.15) is 0 Å². The Morgan fingerprint density at radius 2 is 1.76 bits per heavy atom. The number of methoxy groups -OCH3 is 2. The quantitative estimate of drug-likeness (QED) is 0.585. The van der Waals surface area contributed by atoms with Gasteiger partial charge in [0.2, 0.25) is 0 Å². The molecule has 1 aromatic heterocycles. The van der Waals surface area contributed by atoms with E-state index in [2.05, 4.69) is 23.3 Å². The van der Waals surface area contributed by atoms with E-state index in [1.54, 1.807) is 14.2 Å². The molecule has 0 radical (unpaired) electrons. The van der Waals surface area contributed by atoms with E-state index in [0.717, 1.165) is 33.2 Å². The number of carbonyl (C=O) groups is 1. The molecule has 0 saturated carbocycles. The Labute approximate surface area is 174 Å². The minimum absolute atomic E-state index is 0.0808. The van der Waals surface area contributed by atoms with Gasteiger partial charge in [-0.15, -0.1) is 11.3 Å². The smallest absolute Gasteiger partial charge is 0.260 e. The lowest BCUT2D eigenvalue weighted by atomic mass is 9.94. The van der Waals surface area contributed by atoms with Crippen LogP contribution >= 0.6 is 11.3 Å². The SMILES string of the molecule is COc1ccc(C(NC(C)c2ncc(C(N)=O)s2)c2ccc(OC)cc2C)cc1. The lowest BCUT2D eigenvalue weighted by Gasteiger charge is -2.25. The molecule has 0 aliphatic rings. The zero-order valence-electron chi connectivity index (χ0n) is 16.9. The molecule has 0 spiro atoms. The number of nitrogens with two attached hydrogens (primary N) is 1. The monoisotopic (exact) mass is 411 g/mol.